The Morgan fingerprint density at radius 2 is 2.22 bits per heavy atom. The molecule has 0 aliphatic carbocycles. The fourth-order valence-corrected chi connectivity index (χ4v) is 2.16. The summed E-state index contributed by atoms with van der Waals surface area (Å²) in [6, 6.07) is 3.97. The molecular formula is C13H17BrN4. The largest absolute Gasteiger partial charge is 0.379 e. The molecule has 18 heavy (non-hydrogen) atoms. The number of rotatable bonds is 5. The van der Waals surface area contributed by atoms with Gasteiger partial charge in [-0.2, -0.15) is 5.10 Å². The number of nitrogens with zero attached hydrogens (tertiary/aromatic N) is 3. The summed E-state index contributed by atoms with van der Waals surface area (Å²) in [4.78, 5) is 4.35. The molecule has 5 heteroatoms. The van der Waals surface area contributed by atoms with Crippen LogP contribution in [0.15, 0.2) is 29.1 Å². The third-order valence-electron chi connectivity index (χ3n) is 2.67. The maximum Gasteiger partial charge on any atom is 0.106 e. The van der Waals surface area contributed by atoms with Crippen molar-refractivity contribution in [2.45, 2.75) is 33.4 Å². The predicted molar refractivity (Wildman–Crippen MR) is 76.5 cm³/mol. The van der Waals surface area contributed by atoms with Crippen LogP contribution in [0.3, 0.4) is 0 Å². The van der Waals surface area contributed by atoms with E-state index in [1.165, 1.54) is 5.56 Å². The quantitative estimate of drug-likeness (QED) is 0.861. The van der Waals surface area contributed by atoms with Gasteiger partial charge in [0.05, 0.1) is 17.6 Å². The molecule has 0 unspecified atom stereocenters. The lowest BCUT2D eigenvalue weighted by molar-refractivity contribution is 0.602. The first kappa shape index (κ1) is 13.1. The van der Waals surface area contributed by atoms with Crippen molar-refractivity contribution in [3.05, 3.63) is 40.4 Å². The van der Waals surface area contributed by atoms with Crippen LogP contribution in [0.1, 0.15) is 24.6 Å². The molecule has 2 heterocycles. The van der Waals surface area contributed by atoms with Crippen molar-refractivity contribution < 1.29 is 0 Å². The van der Waals surface area contributed by atoms with Crippen LogP contribution in [-0.2, 0) is 13.1 Å². The van der Waals surface area contributed by atoms with Crippen LogP contribution >= 0.6 is 15.9 Å². The third kappa shape index (κ3) is 3.32. The fraction of sp³-hybridized carbons (Fsp3) is 0.385. The average molecular weight is 309 g/mol. The molecule has 0 radical (unpaired) electrons. The molecule has 0 spiro atoms. The Morgan fingerprint density at radius 1 is 1.39 bits per heavy atom. The Balaban J connectivity index is 1.97. The number of hydrogen-bond acceptors (Lipinski definition) is 3. The Hall–Kier alpha value is -1.36. The molecule has 0 saturated carbocycles. The number of hydrogen-bond donors (Lipinski definition) is 1. The van der Waals surface area contributed by atoms with Crippen LogP contribution in [0.25, 0.3) is 0 Å². The second-order valence-corrected chi connectivity index (χ2v) is 5.04. The third-order valence-corrected chi connectivity index (χ3v) is 3.12. The summed E-state index contributed by atoms with van der Waals surface area (Å²) in [6.07, 6.45) is 5.09. The molecule has 0 aliphatic heterocycles. The first-order chi connectivity index (χ1) is 8.69. The highest BCUT2D eigenvalue weighted by Gasteiger charge is 2.02. The maximum absolute atomic E-state index is 4.35. The molecule has 2 aromatic heterocycles. The zero-order chi connectivity index (χ0) is 13.0. The monoisotopic (exact) mass is 308 g/mol. The van der Waals surface area contributed by atoms with Crippen molar-refractivity contribution in [2.75, 3.05) is 5.32 Å². The van der Waals surface area contributed by atoms with Crippen molar-refractivity contribution >= 4 is 21.6 Å². The van der Waals surface area contributed by atoms with Crippen molar-refractivity contribution in [2.24, 2.45) is 0 Å². The van der Waals surface area contributed by atoms with E-state index in [0.717, 1.165) is 35.5 Å². The first-order valence-electron chi connectivity index (χ1n) is 6.07. The van der Waals surface area contributed by atoms with E-state index in [1.54, 1.807) is 0 Å². The number of aryl methyl sites for hydroxylation is 2. The van der Waals surface area contributed by atoms with Crippen molar-refractivity contribution in [3.63, 3.8) is 0 Å². The number of pyridine rings is 1. The second kappa shape index (κ2) is 6.00. The first-order valence-corrected chi connectivity index (χ1v) is 6.86. The van der Waals surface area contributed by atoms with E-state index in [-0.39, 0.29) is 0 Å². The molecule has 0 amide bonds. The van der Waals surface area contributed by atoms with Gasteiger partial charge >= 0.3 is 0 Å². The summed E-state index contributed by atoms with van der Waals surface area (Å²) in [5, 5.41) is 7.68. The van der Waals surface area contributed by atoms with Gasteiger partial charge in [0.2, 0.25) is 0 Å². The van der Waals surface area contributed by atoms with E-state index in [0.29, 0.717) is 0 Å². The van der Waals surface area contributed by atoms with Crippen LogP contribution in [0, 0.1) is 6.92 Å². The van der Waals surface area contributed by atoms with Gasteiger partial charge in [-0.25, -0.2) is 4.98 Å². The van der Waals surface area contributed by atoms with Crippen molar-refractivity contribution in [1.29, 1.82) is 0 Å². The highest BCUT2D eigenvalue weighted by atomic mass is 79.9. The van der Waals surface area contributed by atoms with Gasteiger partial charge in [0.25, 0.3) is 0 Å². The number of nitrogens with one attached hydrogen (secondary N) is 1. The Morgan fingerprint density at radius 3 is 2.94 bits per heavy atom. The summed E-state index contributed by atoms with van der Waals surface area (Å²) in [5.41, 5.74) is 3.23. The molecule has 0 saturated heterocycles. The Labute approximate surface area is 116 Å². The molecule has 1 N–H and O–H groups in total. The molecule has 0 aromatic carbocycles. The highest BCUT2D eigenvalue weighted by Crippen LogP contribution is 2.16. The lowest BCUT2D eigenvalue weighted by Gasteiger charge is -2.07. The van der Waals surface area contributed by atoms with Gasteiger partial charge in [0.15, 0.2) is 0 Å². The minimum Gasteiger partial charge on any atom is -0.379 e. The number of anilines is 1. The average Bonchev–Trinajstić information content (AvgIpc) is 2.76. The van der Waals surface area contributed by atoms with E-state index in [1.807, 2.05) is 29.9 Å². The maximum atomic E-state index is 4.35. The minimum atomic E-state index is 0.772. The standard InChI is InChI=1S/C13H17BrN4/c1-3-6-18-9-11(8-16-18)7-15-12-4-5-13(14)17-10(12)2/h4-5,8-9,15H,3,6-7H2,1-2H3. The van der Waals surface area contributed by atoms with Crippen molar-refractivity contribution in [3.8, 4) is 0 Å². The molecule has 0 aliphatic rings. The summed E-state index contributed by atoms with van der Waals surface area (Å²) in [6.45, 7) is 5.89. The molecule has 2 rings (SSSR count). The fourth-order valence-electron chi connectivity index (χ4n) is 1.76. The van der Waals surface area contributed by atoms with Crippen LogP contribution in [0.2, 0.25) is 0 Å². The van der Waals surface area contributed by atoms with E-state index >= 15 is 0 Å². The SMILES string of the molecule is CCCn1cc(CNc2ccc(Br)nc2C)cn1. The van der Waals surface area contributed by atoms with E-state index < -0.39 is 0 Å². The van der Waals surface area contributed by atoms with Crippen LogP contribution in [-0.4, -0.2) is 14.8 Å². The van der Waals surface area contributed by atoms with E-state index in [2.05, 4.69) is 44.4 Å². The van der Waals surface area contributed by atoms with Crippen molar-refractivity contribution in [1.82, 2.24) is 14.8 Å². The Bertz CT molecular complexity index is 521. The van der Waals surface area contributed by atoms with E-state index in [4.69, 9.17) is 0 Å². The molecule has 0 fully saturated rings. The van der Waals surface area contributed by atoms with Gasteiger partial charge in [-0.05, 0) is 41.4 Å². The van der Waals surface area contributed by atoms with Gasteiger partial charge in [-0.15, -0.1) is 0 Å². The second-order valence-electron chi connectivity index (χ2n) is 4.23. The zero-order valence-electron chi connectivity index (χ0n) is 10.7. The van der Waals surface area contributed by atoms with Gasteiger partial charge in [-0.3, -0.25) is 4.68 Å². The molecule has 4 nitrogen and oxygen atoms in total. The highest BCUT2D eigenvalue weighted by molar-refractivity contribution is 9.10. The number of halogens is 1. The van der Waals surface area contributed by atoms with Gasteiger partial charge in [0, 0.05) is 24.8 Å². The normalized spacial score (nSPS) is 10.6. The topological polar surface area (TPSA) is 42.7 Å². The van der Waals surface area contributed by atoms with Crippen LogP contribution in [0.4, 0.5) is 5.69 Å². The Kier molecular flexibility index (Phi) is 4.36. The lowest BCUT2D eigenvalue weighted by atomic mass is 10.3. The minimum absolute atomic E-state index is 0.772. The molecule has 0 bridgehead atoms. The lowest BCUT2D eigenvalue weighted by Crippen LogP contribution is -2.01. The summed E-state index contributed by atoms with van der Waals surface area (Å²) in [7, 11) is 0. The number of aromatic nitrogens is 3. The van der Waals surface area contributed by atoms with Gasteiger partial charge in [-0.1, -0.05) is 6.92 Å². The van der Waals surface area contributed by atoms with Crippen LogP contribution < -0.4 is 5.32 Å². The van der Waals surface area contributed by atoms with Gasteiger partial charge in [0.1, 0.15) is 4.60 Å². The predicted octanol–water partition coefficient (Wildman–Crippen LogP) is 3.37. The van der Waals surface area contributed by atoms with Gasteiger partial charge < -0.3 is 5.32 Å². The molecule has 2 aromatic rings. The molecule has 96 valence electrons. The summed E-state index contributed by atoms with van der Waals surface area (Å²) < 4.78 is 2.84. The van der Waals surface area contributed by atoms with E-state index in [9.17, 15) is 0 Å². The summed E-state index contributed by atoms with van der Waals surface area (Å²) >= 11 is 3.36. The smallest absolute Gasteiger partial charge is 0.106 e. The molecule has 0 atom stereocenters. The summed E-state index contributed by atoms with van der Waals surface area (Å²) in [5.74, 6) is 0. The zero-order valence-corrected chi connectivity index (χ0v) is 12.2. The van der Waals surface area contributed by atoms with Crippen LogP contribution in [0.5, 0.6) is 0 Å². The molecular weight excluding hydrogens is 292 g/mol.